The van der Waals surface area contributed by atoms with Crippen molar-refractivity contribution in [1.82, 2.24) is 24.9 Å². The minimum atomic E-state index is 0.360. The first-order chi connectivity index (χ1) is 9.10. The Kier molecular flexibility index (Phi) is 4.37. The summed E-state index contributed by atoms with van der Waals surface area (Å²) in [7, 11) is 3.93. The van der Waals surface area contributed by atoms with Crippen LogP contribution in [0.1, 0.15) is 36.2 Å². The van der Waals surface area contributed by atoms with Gasteiger partial charge >= 0.3 is 0 Å². The van der Waals surface area contributed by atoms with Crippen LogP contribution < -0.4 is 5.32 Å². The minimum absolute atomic E-state index is 0.360. The maximum atomic E-state index is 4.43. The largest absolute Gasteiger partial charge is 0.310 e. The van der Waals surface area contributed by atoms with Crippen molar-refractivity contribution in [2.24, 2.45) is 14.1 Å². The van der Waals surface area contributed by atoms with Crippen molar-refractivity contribution in [2.75, 3.05) is 6.54 Å². The third-order valence-electron chi connectivity index (χ3n) is 3.36. The van der Waals surface area contributed by atoms with Crippen molar-refractivity contribution in [3.8, 4) is 0 Å². The molecule has 1 atom stereocenters. The Hall–Kier alpha value is -1.62. The summed E-state index contributed by atoms with van der Waals surface area (Å²) in [4.78, 5) is 0. The van der Waals surface area contributed by atoms with Crippen molar-refractivity contribution in [1.29, 1.82) is 0 Å². The molecule has 1 N–H and O–H groups in total. The van der Waals surface area contributed by atoms with Gasteiger partial charge in [0.25, 0.3) is 0 Å². The van der Waals surface area contributed by atoms with Gasteiger partial charge in [-0.1, -0.05) is 6.92 Å². The molecule has 2 aromatic rings. The molecule has 0 saturated heterocycles. The van der Waals surface area contributed by atoms with Gasteiger partial charge in [0.05, 0.1) is 11.9 Å². The second-order valence-corrected chi connectivity index (χ2v) is 5.01. The third-order valence-corrected chi connectivity index (χ3v) is 3.36. The Bertz CT molecular complexity index is 526. The predicted molar refractivity (Wildman–Crippen MR) is 75.9 cm³/mol. The van der Waals surface area contributed by atoms with Crippen LogP contribution in [-0.4, -0.2) is 26.1 Å². The molecule has 0 radical (unpaired) electrons. The smallest absolute Gasteiger partial charge is 0.0641 e. The van der Waals surface area contributed by atoms with E-state index in [9.17, 15) is 0 Å². The fourth-order valence-electron chi connectivity index (χ4n) is 2.49. The fourth-order valence-corrected chi connectivity index (χ4v) is 2.49. The van der Waals surface area contributed by atoms with E-state index in [4.69, 9.17) is 0 Å². The summed E-state index contributed by atoms with van der Waals surface area (Å²) in [6.07, 6.45) is 8.23. The molecular weight excluding hydrogens is 238 g/mol. The van der Waals surface area contributed by atoms with Crippen LogP contribution in [0.15, 0.2) is 18.6 Å². The van der Waals surface area contributed by atoms with E-state index in [0.717, 1.165) is 25.1 Å². The summed E-state index contributed by atoms with van der Waals surface area (Å²) in [5.74, 6) is 0. The van der Waals surface area contributed by atoms with Gasteiger partial charge in [0.1, 0.15) is 0 Å². The first kappa shape index (κ1) is 13.8. The van der Waals surface area contributed by atoms with Crippen molar-refractivity contribution < 1.29 is 0 Å². The Morgan fingerprint density at radius 2 is 2.05 bits per heavy atom. The first-order valence-electron chi connectivity index (χ1n) is 6.81. The fraction of sp³-hybridized carbons (Fsp3) is 0.571. The van der Waals surface area contributed by atoms with E-state index < -0.39 is 0 Å². The standard InChI is InChI=1S/C14H23N5/c1-5-15-14(13-10-19(4)17-11(13)2)7-6-12-8-16-18(3)9-12/h8-10,14-15H,5-7H2,1-4H3. The molecule has 1 unspecified atom stereocenters. The monoisotopic (exact) mass is 261 g/mol. The summed E-state index contributed by atoms with van der Waals surface area (Å²) in [6, 6.07) is 0.360. The van der Waals surface area contributed by atoms with Gasteiger partial charge < -0.3 is 5.32 Å². The molecule has 2 aromatic heterocycles. The molecule has 5 heteroatoms. The molecule has 5 nitrogen and oxygen atoms in total. The van der Waals surface area contributed by atoms with Crippen LogP contribution in [0.5, 0.6) is 0 Å². The summed E-state index contributed by atoms with van der Waals surface area (Å²) >= 11 is 0. The van der Waals surface area contributed by atoms with Gasteiger partial charge in [0.15, 0.2) is 0 Å². The van der Waals surface area contributed by atoms with Crippen molar-refractivity contribution in [3.05, 3.63) is 35.4 Å². The summed E-state index contributed by atoms with van der Waals surface area (Å²) in [6.45, 7) is 5.18. The second kappa shape index (κ2) is 6.02. The molecule has 0 spiro atoms. The Labute approximate surface area is 114 Å². The lowest BCUT2D eigenvalue weighted by Crippen LogP contribution is -2.21. The summed E-state index contributed by atoms with van der Waals surface area (Å²) < 4.78 is 3.74. The molecule has 0 fully saturated rings. The molecule has 0 aliphatic carbocycles. The SMILES string of the molecule is CCNC(CCc1cnn(C)c1)c1cn(C)nc1C. The van der Waals surface area contributed by atoms with Crippen molar-refractivity contribution in [3.63, 3.8) is 0 Å². The molecule has 0 amide bonds. The highest BCUT2D eigenvalue weighted by molar-refractivity contribution is 5.20. The van der Waals surface area contributed by atoms with Gasteiger partial charge in [0.2, 0.25) is 0 Å². The van der Waals surface area contributed by atoms with Crippen LogP contribution in [0.25, 0.3) is 0 Å². The normalized spacial score (nSPS) is 12.8. The van der Waals surface area contributed by atoms with E-state index in [1.807, 2.05) is 29.7 Å². The van der Waals surface area contributed by atoms with E-state index in [1.54, 1.807) is 0 Å². The minimum Gasteiger partial charge on any atom is -0.310 e. The van der Waals surface area contributed by atoms with E-state index >= 15 is 0 Å². The first-order valence-corrected chi connectivity index (χ1v) is 6.81. The van der Waals surface area contributed by atoms with Crippen LogP contribution in [0.3, 0.4) is 0 Å². The van der Waals surface area contributed by atoms with Gasteiger partial charge in [-0.25, -0.2) is 0 Å². The predicted octanol–water partition coefficient (Wildman–Crippen LogP) is 1.75. The average molecular weight is 261 g/mol. The molecule has 0 aliphatic rings. The highest BCUT2D eigenvalue weighted by Gasteiger charge is 2.15. The van der Waals surface area contributed by atoms with Crippen LogP contribution in [0.2, 0.25) is 0 Å². The zero-order valence-electron chi connectivity index (χ0n) is 12.2. The Balaban J connectivity index is 2.05. The number of nitrogens with one attached hydrogen (secondary N) is 1. The number of rotatable bonds is 6. The van der Waals surface area contributed by atoms with E-state index in [2.05, 4.69) is 41.8 Å². The zero-order chi connectivity index (χ0) is 13.8. The lowest BCUT2D eigenvalue weighted by Gasteiger charge is -2.16. The lowest BCUT2D eigenvalue weighted by atomic mass is 10.0. The third kappa shape index (κ3) is 3.44. The zero-order valence-corrected chi connectivity index (χ0v) is 12.2. The quantitative estimate of drug-likeness (QED) is 0.861. The van der Waals surface area contributed by atoms with E-state index in [-0.39, 0.29) is 0 Å². The maximum Gasteiger partial charge on any atom is 0.0641 e. The van der Waals surface area contributed by atoms with Crippen LogP contribution in [0, 0.1) is 6.92 Å². The summed E-state index contributed by atoms with van der Waals surface area (Å²) in [5, 5.41) is 12.2. The molecule has 0 bridgehead atoms. The number of nitrogens with zero attached hydrogens (tertiary/aromatic N) is 4. The Morgan fingerprint density at radius 1 is 1.26 bits per heavy atom. The molecule has 0 aromatic carbocycles. The van der Waals surface area contributed by atoms with Gasteiger partial charge in [0, 0.05) is 38.1 Å². The van der Waals surface area contributed by atoms with Crippen LogP contribution in [0.4, 0.5) is 0 Å². The van der Waals surface area contributed by atoms with Gasteiger partial charge in [-0.15, -0.1) is 0 Å². The molecule has 2 heterocycles. The van der Waals surface area contributed by atoms with Gasteiger partial charge in [-0.05, 0) is 31.9 Å². The van der Waals surface area contributed by atoms with Crippen LogP contribution in [-0.2, 0) is 20.5 Å². The summed E-state index contributed by atoms with van der Waals surface area (Å²) in [5.41, 5.74) is 3.69. The number of aryl methyl sites for hydroxylation is 4. The molecule has 0 aliphatic heterocycles. The highest BCUT2D eigenvalue weighted by Crippen LogP contribution is 2.21. The Morgan fingerprint density at radius 3 is 2.58 bits per heavy atom. The van der Waals surface area contributed by atoms with E-state index in [0.29, 0.717) is 6.04 Å². The average Bonchev–Trinajstić information content (AvgIpc) is 2.91. The van der Waals surface area contributed by atoms with Gasteiger partial charge in [-0.3, -0.25) is 9.36 Å². The maximum absolute atomic E-state index is 4.43. The van der Waals surface area contributed by atoms with Crippen LogP contribution >= 0.6 is 0 Å². The lowest BCUT2D eigenvalue weighted by molar-refractivity contribution is 0.513. The topological polar surface area (TPSA) is 47.7 Å². The van der Waals surface area contributed by atoms with E-state index in [1.165, 1.54) is 11.1 Å². The van der Waals surface area contributed by atoms with Crippen molar-refractivity contribution in [2.45, 2.75) is 32.7 Å². The molecule has 104 valence electrons. The molecule has 2 rings (SSSR count). The van der Waals surface area contributed by atoms with Gasteiger partial charge in [-0.2, -0.15) is 10.2 Å². The molecule has 0 saturated carbocycles. The number of aromatic nitrogens is 4. The number of hydrogen-bond acceptors (Lipinski definition) is 3. The molecule has 19 heavy (non-hydrogen) atoms. The van der Waals surface area contributed by atoms with Crippen molar-refractivity contribution >= 4 is 0 Å². The highest BCUT2D eigenvalue weighted by atomic mass is 15.3. The molecular formula is C14H23N5. The second-order valence-electron chi connectivity index (χ2n) is 5.01. The number of hydrogen-bond donors (Lipinski definition) is 1.